The van der Waals surface area contributed by atoms with E-state index in [1.807, 2.05) is 0 Å². The summed E-state index contributed by atoms with van der Waals surface area (Å²) in [5.74, 6) is 2.27. The van der Waals surface area contributed by atoms with Crippen LogP contribution in [-0.2, 0) is 0 Å². The van der Waals surface area contributed by atoms with Gasteiger partial charge in [-0.3, -0.25) is 4.79 Å². The Morgan fingerprint density at radius 1 is 1.08 bits per heavy atom. The predicted molar refractivity (Wildman–Crippen MR) is 100 cm³/mol. The van der Waals surface area contributed by atoms with Crippen molar-refractivity contribution >= 4 is 17.4 Å². The number of carbonyl (C=O) groups is 1. The van der Waals surface area contributed by atoms with Crippen molar-refractivity contribution in [2.75, 3.05) is 37.5 Å². The molecule has 7 nitrogen and oxygen atoms in total. The minimum Gasteiger partial charge on any atom is -0.497 e. The average Bonchev–Trinajstić information content (AvgIpc) is 2.68. The highest BCUT2D eigenvalue weighted by Crippen LogP contribution is 2.29. The Balaban J connectivity index is 1.85. The van der Waals surface area contributed by atoms with Gasteiger partial charge in [0.15, 0.2) is 0 Å². The SMILES string of the molecule is COc1ccc(OC)c(NC(=O)c2cc(N3CCCCC3)nc(C)n2)c1. The molecule has 7 heteroatoms. The fraction of sp³-hybridized carbons (Fsp3) is 0.421. The van der Waals surface area contributed by atoms with Crippen molar-refractivity contribution in [3.63, 3.8) is 0 Å². The lowest BCUT2D eigenvalue weighted by molar-refractivity contribution is 0.102. The van der Waals surface area contributed by atoms with E-state index in [4.69, 9.17) is 9.47 Å². The Hall–Kier alpha value is -2.83. The summed E-state index contributed by atoms with van der Waals surface area (Å²) in [5.41, 5.74) is 0.871. The first-order valence-electron chi connectivity index (χ1n) is 8.74. The van der Waals surface area contributed by atoms with Crippen molar-refractivity contribution in [3.05, 3.63) is 35.8 Å². The average molecular weight is 356 g/mol. The fourth-order valence-electron chi connectivity index (χ4n) is 3.05. The number of nitrogens with one attached hydrogen (secondary N) is 1. The molecular weight excluding hydrogens is 332 g/mol. The second-order valence-electron chi connectivity index (χ2n) is 6.23. The molecule has 1 aromatic heterocycles. The number of anilines is 2. The molecule has 2 aromatic rings. The molecule has 1 aromatic carbocycles. The number of hydrogen-bond donors (Lipinski definition) is 1. The molecule has 3 rings (SSSR count). The molecule has 1 saturated heterocycles. The highest BCUT2D eigenvalue weighted by molar-refractivity contribution is 6.04. The van der Waals surface area contributed by atoms with Gasteiger partial charge in [-0.15, -0.1) is 0 Å². The molecule has 1 aliphatic rings. The normalized spacial score (nSPS) is 14.0. The maximum absolute atomic E-state index is 12.8. The van der Waals surface area contributed by atoms with Crippen molar-refractivity contribution < 1.29 is 14.3 Å². The van der Waals surface area contributed by atoms with Crippen LogP contribution in [0, 0.1) is 6.92 Å². The molecule has 0 saturated carbocycles. The zero-order valence-corrected chi connectivity index (χ0v) is 15.4. The Bertz CT molecular complexity index is 788. The van der Waals surface area contributed by atoms with Gasteiger partial charge in [-0.2, -0.15) is 0 Å². The quantitative estimate of drug-likeness (QED) is 0.887. The minimum absolute atomic E-state index is 0.305. The second kappa shape index (κ2) is 8.03. The van der Waals surface area contributed by atoms with E-state index in [9.17, 15) is 4.79 Å². The first kappa shape index (κ1) is 18.0. The molecule has 0 unspecified atom stereocenters. The maximum atomic E-state index is 12.8. The molecule has 0 radical (unpaired) electrons. The molecule has 1 N–H and O–H groups in total. The standard InChI is InChI=1S/C19H24N4O3/c1-13-20-16(12-18(21-13)23-9-5-4-6-10-23)19(24)22-15-11-14(25-2)7-8-17(15)26-3/h7-8,11-12H,4-6,9-10H2,1-3H3,(H,22,24). The Kier molecular flexibility index (Phi) is 5.55. The summed E-state index contributed by atoms with van der Waals surface area (Å²) in [4.78, 5) is 23.8. The van der Waals surface area contributed by atoms with Gasteiger partial charge in [0.25, 0.3) is 5.91 Å². The number of methoxy groups -OCH3 is 2. The Labute approximate surface area is 153 Å². The number of hydrogen-bond acceptors (Lipinski definition) is 6. The topological polar surface area (TPSA) is 76.6 Å². The highest BCUT2D eigenvalue weighted by Gasteiger charge is 2.18. The minimum atomic E-state index is -0.305. The summed E-state index contributed by atoms with van der Waals surface area (Å²) < 4.78 is 10.5. The lowest BCUT2D eigenvalue weighted by Gasteiger charge is -2.28. The third-order valence-electron chi connectivity index (χ3n) is 4.39. The van der Waals surface area contributed by atoms with Gasteiger partial charge in [-0.1, -0.05) is 0 Å². The van der Waals surface area contributed by atoms with E-state index < -0.39 is 0 Å². The number of nitrogens with zero attached hydrogens (tertiary/aromatic N) is 3. The van der Waals surface area contributed by atoms with Crippen LogP contribution in [0.5, 0.6) is 11.5 Å². The largest absolute Gasteiger partial charge is 0.497 e. The summed E-state index contributed by atoms with van der Waals surface area (Å²) in [6.07, 6.45) is 3.53. The first-order chi connectivity index (χ1) is 12.6. The molecule has 1 fully saturated rings. The lowest BCUT2D eigenvalue weighted by Crippen LogP contribution is -2.31. The van der Waals surface area contributed by atoms with Gasteiger partial charge in [0.2, 0.25) is 0 Å². The van der Waals surface area contributed by atoms with Crippen LogP contribution in [-0.4, -0.2) is 43.2 Å². The summed E-state index contributed by atoms with van der Waals surface area (Å²) in [7, 11) is 3.13. The van der Waals surface area contributed by atoms with E-state index in [1.165, 1.54) is 6.42 Å². The fourth-order valence-corrected chi connectivity index (χ4v) is 3.05. The third kappa shape index (κ3) is 4.04. The van der Waals surface area contributed by atoms with Crippen LogP contribution in [0.4, 0.5) is 11.5 Å². The van der Waals surface area contributed by atoms with Gasteiger partial charge < -0.3 is 19.7 Å². The maximum Gasteiger partial charge on any atom is 0.274 e. The Morgan fingerprint density at radius 3 is 2.54 bits per heavy atom. The van der Waals surface area contributed by atoms with Crippen LogP contribution in [0.3, 0.4) is 0 Å². The first-order valence-corrected chi connectivity index (χ1v) is 8.74. The van der Waals surface area contributed by atoms with Gasteiger partial charge in [-0.05, 0) is 38.3 Å². The predicted octanol–water partition coefficient (Wildman–Crippen LogP) is 3.04. The monoisotopic (exact) mass is 356 g/mol. The summed E-state index contributed by atoms with van der Waals surface area (Å²) in [5, 5.41) is 2.86. The number of rotatable bonds is 5. The number of benzene rings is 1. The molecule has 1 amide bonds. The van der Waals surface area contributed by atoms with Gasteiger partial charge in [0.05, 0.1) is 19.9 Å². The molecule has 26 heavy (non-hydrogen) atoms. The van der Waals surface area contributed by atoms with E-state index >= 15 is 0 Å². The second-order valence-corrected chi connectivity index (χ2v) is 6.23. The third-order valence-corrected chi connectivity index (χ3v) is 4.39. The molecule has 0 bridgehead atoms. The van der Waals surface area contributed by atoms with Crippen molar-refractivity contribution in [2.45, 2.75) is 26.2 Å². The lowest BCUT2D eigenvalue weighted by atomic mass is 10.1. The van der Waals surface area contributed by atoms with E-state index in [-0.39, 0.29) is 5.91 Å². The van der Waals surface area contributed by atoms with Gasteiger partial charge >= 0.3 is 0 Å². The van der Waals surface area contributed by atoms with Gasteiger partial charge in [0, 0.05) is 25.2 Å². The smallest absolute Gasteiger partial charge is 0.274 e. The van der Waals surface area contributed by atoms with Crippen LogP contribution in [0.25, 0.3) is 0 Å². The molecule has 138 valence electrons. The van der Waals surface area contributed by atoms with Crippen LogP contribution in [0.2, 0.25) is 0 Å². The molecule has 2 heterocycles. The van der Waals surface area contributed by atoms with E-state index in [0.717, 1.165) is 31.7 Å². The van der Waals surface area contributed by atoms with Crippen LogP contribution >= 0.6 is 0 Å². The number of ether oxygens (including phenoxy) is 2. The number of aromatic nitrogens is 2. The van der Waals surface area contributed by atoms with Crippen molar-refractivity contribution in [1.29, 1.82) is 0 Å². The number of amides is 1. The molecule has 1 aliphatic heterocycles. The van der Waals surface area contributed by atoms with Crippen LogP contribution in [0.15, 0.2) is 24.3 Å². The molecule has 0 aliphatic carbocycles. The Morgan fingerprint density at radius 2 is 1.85 bits per heavy atom. The van der Waals surface area contributed by atoms with Gasteiger partial charge in [0.1, 0.15) is 28.8 Å². The molecular formula is C19H24N4O3. The summed E-state index contributed by atoms with van der Waals surface area (Å²) >= 11 is 0. The van der Waals surface area contributed by atoms with Crippen LogP contribution in [0.1, 0.15) is 35.6 Å². The molecule has 0 atom stereocenters. The van der Waals surface area contributed by atoms with Crippen molar-refractivity contribution in [1.82, 2.24) is 9.97 Å². The van der Waals surface area contributed by atoms with Gasteiger partial charge in [-0.25, -0.2) is 9.97 Å². The van der Waals surface area contributed by atoms with Crippen molar-refractivity contribution in [3.8, 4) is 11.5 Å². The van der Waals surface area contributed by atoms with Crippen LogP contribution < -0.4 is 19.7 Å². The van der Waals surface area contributed by atoms with E-state index in [1.54, 1.807) is 45.4 Å². The summed E-state index contributed by atoms with van der Waals surface area (Å²) in [6, 6.07) is 6.99. The molecule has 0 spiro atoms. The zero-order valence-electron chi connectivity index (χ0n) is 15.4. The van der Waals surface area contributed by atoms with E-state index in [2.05, 4.69) is 20.2 Å². The number of carbonyl (C=O) groups excluding carboxylic acids is 1. The number of aryl methyl sites for hydroxylation is 1. The zero-order chi connectivity index (χ0) is 18.5. The summed E-state index contributed by atoms with van der Waals surface area (Å²) in [6.45, 7) is 3.72. The van der Waals surface area contributed by atoms with Crippen molar-refractivity contribution in [2.24, 2.45) is 0 Å². The highest BCUT2D eigenvalue weighted by atomic mass is 16.5. The number of piperidine rings is 1. The van der Waals surface area contributed by atoms with E-state index in [0.29, 0.717) is 28.7 Å².